The van der Waals surface area contributed by atoms with Crippen molar-refractivity contribution in [3.63, 3.8) is 0 Å². The molecule has 3 rings (SSSR count). The summed E-state index contributed by atoms with van der Waals surface area (Å²) >= 11 is 1.34. The number of rotatable bonds is 6. The van der Waals surface area contributed by atoms with Crippen molar-refractivity contribution in [2.24, 2.45) is 0 Å². The SMILES string of the molecule is O=[N+]([O-])c1cccc(CSc2nnc(/C=C/c3ccccc3)o2)c1. The van der Waals surface area contributed by atoms with Crippen LogP contribution in [0.2, 0.25) is 0 Å². The Bertz CT molecular complexity index is 862. The monoisotopic (exact) mass is 339 g/mol. The molecule has 24 heavy (non-hydrogen) atoms. The molecule has 0 spiro atoms. The van der Waals surface area contributed by atoms with Gasteiger partial charge in [0.15, 0.2) is 0 Å². The fourth-order valence-corrected chi connectivity index (χ4v) is 2.70. The molecule has 0 radical (unpaired) electrons. The molecule has 1 aromatic heterocycles. The summed E-state index contributed by atoms with van der Waals surface area (Å²) in [6, 6.07) is 16.3. The molecule has 0 fully saturated rings. The molecule has 0 saturated carbocycles. The first-order valence-electron chi connectivity index (χ1n) is 7.13. The maximum atomic E-state index is 10.8. The second kappa shape index (κ2) is 7.56. The van der Waals surface area contributed by atoms with Gasteiger partial charge in [-0.1, -0.05) is 54.2 Å². The first kappa shape index (κ1) is 15.9. The van der Waals surface area contributed by atoms with E-state index in [1.807, 2.05) is 42.5 Å². The second-order valence-corrected chi connectivity index (χ2v) is 5.79. The molecule has 3 aromatic rings. The smallest absolute Gasteiger partial charge is 0.277 e. The van der Waals surface area contributed by atoms with Crippen LogP contribution in [0.4, 0.5) is 5.69 Å². The molecule has 120 valence electrons. The Labute approximate surface area is 142 Å². The number of hydrogen-bond acceptors (Lipinski definition) is 6. The van der Waals surface area contributed by atoms with Crippen LogP contribution in [-0.2, 0) is 5.75 Å². The van der Waals surface area contributed by atoms with Gasteiger partial charge in [0.1, 0.15) is 0 Å². The van der Waals surface area contributed by atoms with Gasteiger partial charge in [-0.05, 0) is 17.2 Å². The standard InChI is InChI=1S/C17H13N3O3S/c21-20(22)15-8-4-7-14(11-15)12-24-17-19-18-16(23-17)10-9-13-5-2-1-3-6-13/h1-11H,12H2/b10-9+. The summed E-state index contributed by atoms with van der Waals surface area (Å²) < 4.78 is 5.52. The molecule has 0 bridgehead atoms. The summed E-state index contributed by atoms with van der Waals surface area (Å²) in [5.41, 5.74) is 1.94. The van der Waals surface area contributed by atoms with Gasteiger partial charge in [-0.2, -0.15) is 0 Å². The van der Waals surface area contributed by atoms with Crippen LogP contribution in [0.3, 0.4) is 0 Å². The van der Waals surface area contributed by atoms with Crippen molar-refractivity contribution in [3.8, 4) is 0 Å². The van der Waals surface area contributed by atoms with Crippen molar-refractivity contribution < 1.29 is 9.34 Å². The number of benzene rings is 2. The van der Waals surface area contributed by atoms with Gasteiger partial charge in [0.05, 0.1) is 4.92 Å². The molecule has 0 N–H and O–H groups in total. The van der Waals surface area contributed by atoms with Crippen LogP contribution in [0.1, 0.15) is 17.0 Å². The van der Waals surface area contributed by atoms with Gasteiger partial charge in [0, 0.05) is 24.0 Å². The lowest BCUT2D eigenvalue weighted by atomic mass is 10.2. The second-order valence-electron chi connectivity index (χ2n) is 4.87. The predicted molar refractivity (Wildman–Crippen MR) is 92.3 cm³/mol. The molecule has 0 aliphatic heterocycles. The molecule has 0 aliphatic carbocycles. The predicted octanol–water partition coefficient (Wildman–Crippen LogP) is 4.44. The summed E-state index contributed by atoms with van der Waals surface area (Å²) in [7, 11) is 0. The highest BCUT2D eigenvalue weighted by Crippen LogP contribution is 2.24. The first-order chi connectivity index (χ1) is 11.7. The van der Waals surface area contributed by atoms with Crippen molar-refractivity contribution in [1.82, 2.24) is 10.2 Å². The lowest BCUT2D eigenvalue weighted by Crippen LogP contribution is -1.89. The Morgan fingerprint density at radius 2 is 1.92 bits per heavy atom. The summed E-state index contributed by atoms with van der Waals surface area (Å²) in [6.07, 6.45) is 3.64. The summed E-state index contributed by atoms with van der Waals surface area (Å²) in [6.45, 7) is 0. The van der Waals surface area contributed by atoms with Crippen molar-refractivity contribution >= 4 is 29.6 Å². The van der Waals surface area contributed by atoms with Crippen LogP contribution < -0.4 is 0 Å². The number of hydrogen-bond donors (Lipinski definition) is 0. The Hall–Kier alpha value is -2.93. The van der Waals surface area contributed by atoms with Crippen molar-refractivity contribution in [2.45, 2.75) is 11.0 Å². The first-order valence-corrected chi connectivity index (χ1v) is 8.12. The molecule has 6 nitrogen and oxygen atoms in total. The van der Waals surface area contributed by atoms with Gasteiger partial charge in [0.2, 0.25) is 5.89 Å². The normalized spacial score (nSPS) is 11.0. The van der Waals surface area contributed by atoms with Gasteiger partial charge >= 0.3 is 0 Å². The Morgan fingerprint density at radius 1 is 1.08 bits per heavy atom. The van der Waals surface area contributed by atoms with E-state index in [1.165, 1.54) is 17.8 Å². The van der Waals surface area contributed by atoms with Crippen molar-refractivity contribution in [1.29, 1.82) is 0 Å². The highest BCUT2D eigenvalue weighted by Gasteiger charge is 2.08. The van der Waals surface area contributed by atoms with Gasteiger partial charge in [-0.3, -0.25) is 10.1 Å². The Morgan fingerprint density at radius 3 is 2.71 bits per heavy atom. The topological polar surface area (TPSA) is 82.1 Å². The van der Waals surface area contributed by atoms with Crippen LogP contribution in [0, 0.1) is 10.1 Å². The fourth-order valence-electron chi connectivity index (χ4n) is 1.98. The molecule has 1 heterocycles. The van der Waals surface area contributed by atoms with Crippen LogP contribution in [0.25, 0.3) is 12.2 Å². The third-order valence-electron chi connectivity index (χ3n) is 3.12. The van der Waals surface area contributed by atoms with Crippen molar-refractivity contribution in [3.05, 3.63) is 81.7 Å². The zero-order valence-corrected chi connectivity index (χ0v) is 13.3. The third kappa shape index (κ3) is 4.30. The average molecular weight is 339 g/mol. The minimum atomic E-state index is -0.409. The quantitative estimate of drug-likeness (QED) is 0.375. The lowest BCUT2D eigenvalue weighted by molar-refractivity contribution is -0.384. The largest absolute Gasteiger partial charge is 0.412 e. The zero-order valence-electron chi connectivity index (χ0n) is 12.5. The molecular weight excluding hydrogens is 326 g/mol. The maximum Gasteiger partial charge on any atom is 0.277 e. The van der Waals surface area contributed by atoms with E-state index in [0.717, 1.165) is 11.1 Å². The molecular formula is C17H13N3O3S. The average Bonchev–Trinajstić information content (AvgIpc) is 3.07. The number of aromatic nitrogens is 2. The summed E-state index contributed by atoms with van der Waals surface area (Å²) in [4.78, 5) is 10.4. The maximum absolute atomic E-state index is 10.8. The minimum absolute atomic E-state index is 0.0742. The van der Waals surface area contributed by atoms with E-state index in [-0.39, 0.29) is 5.69 Å². The van der Waals surface area contributed by atoms with Crippen LogP contribution in [0.15, 0.2) is 64.2 Å². The molecule has 0 saturated heterocycles. The summed E-state index contributed by atoms with van der Waals surface area (Å²) in [5, 5.41) is 19.1. The van der Waals surface area contributed by atoms with E-state index in [2.05, 4.69) is 10.2 Å². The Kier molecular flexibility index (Phi) is 5.02. The lowest BCUT2D eigenvalue weighted by Gasteiger charge is -1.98. The molecule has 0 amide bonds. The van der Waals surface area contributed by atoms with Crippen LogP contribution >= 0.6 is 11.8 Å². The van der Waals surface area contributed by atoms with Crippen molar-refractivity contribution in [2.75, 3.05) is 0 Å². The Balaban J connectivity index is 1.61. The van der Waals surface area contributed by atoms with Crippen LogP contribution in [0.5, 0.6) is 0 Å². The van der Waals surface area contributed by atoms with E-state index in [9.17, 15) is 10.1 Å². The highest BCUT2D eigenvalue weighted by atomic mass is 32.2. The van der Waals surface area contributed by atoms with Gasteiger partial charge in [-0.25, -0.2) is 0 Å². The third-order valence-corrected chi connectivity index (χ3v) is 4.01. The number of nitrogens with zero attached hydrogens (tertiary/aromatic N) is 3. The number of non-ortho nitro benzene ring substituents is 1. The molecule has 0 aliphatic rings. The molecule has 7 heteroatoms. The minimum Gasteiger partial charge on any atom is -0.412 e. The number of nitro benzene ring substituents is 1. The number of thioether (sulfide) groups is 1. The summed E-state index contributed by atoms with van der Waals surface area (Å²) in [5.74, 6) is 0.937. The van der Waals surface area contributed by atoms with E-state index < -0.39 is 4.92 Å². The van der Waals surface area contributed by atoms with E-state index in [4.69, 9.17) is 4.42 Å². The van der Waals surface area contributed by atoms with Crippen LogP contribution in [-0.4, -0.2) is 15.1 Å². The molecule has 2 aromatic carbocycles. The molecule has 0 unspecified atom stereocenters. The van der Waals surface area contributed by atoms with Gasteiger partial charge in [-0.15, -0.1) is 10.2 Å². The molecule has 0 atom stereocenters. The number of nitro groups is 1. The van der Waals surface area contributed by atoms with Gasteiger partial charge < -0.3 is 4.42 Å². The fraction of sp³-hybridized carbons (Fsp3) is 0.0588. The highest BCUT2D eigenvalue weighted by molar-refractivity contribution is 7.98. The van der Waals surface area contributed by atoms with E-state index >= 15 is 0 Å². The van der Waals surface area contributed by atoms with Gasteiger partial charge in [0.25, 0.3) is 10.9 Å². The zero-order chi connectivity index (χ0) is 16.8. The van der Waals surface area contributed by atoms with E-state index in [0.29, 0.717) is 16.9 Å². The van der Waals surface area contributed by atoms with E-state index in [1.54, 1.807) is 18.2 Å².